The molecule has 0 spiro atoms. The molecule has 2 N–H and O–H groups in total. The van der Waals surface area contributed by atoms with Crippen molar-refractivity contribution in [1.29, 1.82) is 5.26 Å². The molecule has 3 amide bonds. The Balaban J connectivity index is 0.00000506. The maximum absolute atomic E-state index is 14.3. The van der Waals surface area contributed by atoms with E-state index in [4.69, 9.17) is 9.47 Å². The number of halogens is 3. The minimum atomic E-state index is -1.31. The number of benzene rings is 2. The number of methoxy groups -OCH3 is 2. The summed E-state index contributed by atoms with van der Waals surface area (Å²) in [6, 6.07) is 13.2. The van der Waals surface area contributed by atoms with Crippen molar-refractivity contribution < 1.29 is 32.6 Å². The second-order valence-electron chi connectivity index (χ2n) is 10.2. The summed E-state index contributed by atoms with van der Waals surface area (Å²) in [7, 11) is 2.51. The maximum atomic E-state index is 14.3. The van der Waals surface area contributed by atoms with E-state index in [2.05, 4.69) is 16.7 Å². The highest BCUT2D eigenvalue weighted by Gasteiger charge is 2.43. The molecule has 230 valence electrons. The Labute approximate surface area is 255 Å². The maximum Gasteiger partial charge on any atom is 0.341 e. The number of hydrazine groups is 1. The molecule has 0 aromatic heterocycles. The third kappa shape index (κ3) is 7.13. The zero-order valence-electron chi connectivity index (χ0n) is 23.8. The molecule has 1 aliphatic carbocycles. The lowest BCUT2D eigenvalue weighted by Gasteiger charge is -2.42. The van der Waals surface area contributed by atoms with Crippen LogP contribution in [0.2, 0.25) is 0 Å². The quantitative estimate of drug-likeness (QED) is 0.290. The van der Waals surface area contributed by atoms with E-state index < -0.39 is 35.1 Å². The summed E-state index contributed by atoms with van der Waals surface area (Å²) in [6.07, 6.45) is 3.25. The molecule has 13 heteroatoms. The SMILES string of the molecule is COCC1=C(C(=O)OC)C(c2ccc(F)c(F)c2)N(N(C=O)CCN[C@H]2CC[C@](C#N)(c3ccccc3)CC2)C(=O)N1.Cl. The monoisotopic (exact) mass is 617 g/mol. The topological polar surface area (TPSA) is 124 Å². The molecular weight excluding hydrogens is 584 g/mol. The van der Waals surface area contributed by atoms with Crippen LogP contribution in [-0.2, 0) is 24.5 Å². The van der Waals surface area contributed by atoms with Gasteiger partial charge in [0.15, 0.2) is 11.6 Å². The molecule has 1 saturated carbocycles. The molecule has 4 rings (SSSR count). The third-order valence-corrected chi connectivity index (χ3v) is 7.81. The fraction of sp³-hybridized carbons (Fsp3) is 0.400. The molecule has 0 radical (unpaired) electrons. The minimum Gasteiger partial charge on any atom is -0.466 e. The standard InChI is InChI=1S/C30H33F2N5O5.ClH/c1-41-17-25-26(28(39)42-2)27(20-8-9-23(31)24(32)16-20)37(29(40)35-25)36(19-38)15-14-34-22-10-12-30(18-33,13-11-22)21-6-4-3-5-7-21;/h3-9,16,19,22,27,34H,10-15,17H2,1-2H3,(H,35,40);1H/t22-,27?,30-;. The first-order valence-corrected chi connectivity index (χ1v) is 13.6. The Hall–Kier alpha value is -4.05. The predicted octanol–water partition coefficient (Wildman–Crippen LogP) is 3.89. The van der Waals surface area contributed by atoms with Crippen molar-refractivity contribution in [2.75, 3.05) is 33.9 Å². The van der Waals surface area contributed by atoms with Crippen molar-refractivity contribution in [3.05, 3.63) is 82.6 Å². The van der Waals surface area contributed by atoms with Gasteiger partial charge in [-0.1, -0.05) is 36.4 Å². The minimum absolute atomic E-state index is 0. The molecule has 10 nitrogen and oxygen atoms in total. The second-order valence-corrected chi connectivity index (χ2v) is 10.2. The molecule has 1 unspecified atom stereocenters. The van der Waals surface area contributed by atoms with Crippen LogP contribution >= 0.6 is 12.4 Å². The molecule has 1 fully saturated rings. The second kappa shape index (κ2) is 14.9. The molecule has 2 aliphatic rings. The van der Waals surface area contributed by atoms with Crippen LogP contribution in [0, 0.1) is 23.0 Å². The summed E-state index contributed by atoms with van der Waals surface area (Å²) >= 11 is 0. The number of hydrogen-bond donors (Lipinski definition) is 2. The molecule has 2 aromatic carbocycles. The van der Waals surface area contributed by atoms with Crippen molar-refractivity contribution in [2.24, 2.45) is 0 Å². The van der Waals surface area contributed by atoms with Crippen molar-refractivity contribution in [1.82, 2.24) is 20.7 Å². The zero-order valence-corrected chi connectivity index (χ0v) is 24.7. The summed E-state index contributed by atoms with van der Waals surface area (Å²) < 4.78 is 38.2. The number of hydrogen-bond acceptors (Lipinski definition) is 7. The highest BCUT2D eigenvalue weighted by atomic mass is 35.5. The number of urea groups is 1. The summed E-state index contributed by atoms with van der Waals surface area (Å²) in [4.78, 5) is 38.6. The fourth-order valence-electron chi connectivity index (χ4n) is 5.65. The Morgan fingerprint density at radius 1 is 1.19 bits per heavy atom. The highest BCUT2D eigenvalue weighted by Crippen LogP contribution is 2.39. The Kier molecular flexibility index (Phi) is 11.6. The van der Waals surface area contributed by atoms with E-state index in [9.17, 15) is 28.4 Å². The van der Waals surface area contributed by atoms with Gasteiger partial charge in [-0.3, -0.25) is 9.80 Å². The molecule has 1 atom stereocenters. The van der Waals surface area contributed by atoms with Crippen molar-refractivity contribution >= 4 is 30.8 Å². The lowest BCUT2D eigenvalue weighted by molar-refractivity contribution is -0.141. The number of carbonyl (C=O) groups excluding carboxylic acids is 3. The largest absolute Gasteiger partial charge is 0.466 e. The Morgan fingerprint density at radius 3 is 2.47 bits per heavy atom. The van der Waals surface area contributed by atoms with Crippen LogP contribution in [0.15, 0.2) is 59.8 Å². The van der Waals surface area contributed by atoms with Gasteiger partial charge < -0.3 is 20.1 Å². The van der Waals surface area contributed by atoms with E-state index in [1.165, 1.54) is 13.2 Å². The summed E-state index contributed by atoms with van der Waals surface area (Å²) in [5, 5.41) is 18.0. The first-order valence-electron chi connectivity index (χ1n) is 13.6. The van der Waals surface area contributed by atoms with Crippen molar-refractivity contribution in [3.63, 3.8) is 0 Å². The van der Waals surface area contributed by atoms with E-state index in [-0.39, 0.29) is 55.0 Å². The zero-order chi connectivity index (χ0) is 30.3. The fourth-order valence-corrected chi connectivity index (χ4v) is 5.65. The van der Waals surface area contributed by atoms with Gasteiger partial charge in [-0.05, 0) is 48.9 Å². The van der Waals surface area contributed by atoms with Gasteiger partial charge in [0, 0.05) is 19.7 Å². The third-order valence-electron chi connectivity index (χ3n) is 7.81. The van der Waals surface area contributed by atoms with Crippen LogP contribution in [-0.4, -0.2) is 68.4 Å². The Morgan fingerprint density at radius 2 is 1.88 bits per heavy atom. The number of esters is 1. The lowest BCUT2D eigenvalue weighted by atomic mass is 9.69. The van der Waals surface area contributed by atoms with Gasteiger partial charge in [0.1, 0.15) is 6.04 Å². The van der Waals surface area contributed by atoms with Gasteiger partial charge in [-0.25, -0.2) is 23.4 Å². The van der Waals surface area contributed by atoms with E-state index in [0.717, 1.165) is 47.7 Å². The predicted molar refractivity (Wildman–Crippen MR) is 154 cm³/mol. The number of nitriles is 1. The first-order chi connectivity index (χ1) is 20.3. The van der Waals surface area contributed by atoms with E-state index in [1.54, 1.807) is 0 Å². The Bertz CT molecular complexity index is 1380. The highest BCUT2D eigenvalue weighted by molar-refractivity contribution is 5.95. The van der Waals surface area contributed by atoms with Gasteiger partial charge in [0.25, 0.3) is 0 Å². The number of nitrogens with one attached hydrogen (secondary N) is 2. The molecule has 2 aromatic rings. The molecule has 0 saturated heterocycles. The summed E-state index contributed by atoms with van der Waals surface area (Å²) in [5.74, 6) is -3.13. The van der Waals surface area contributed by atoms with Crippen LogP contribution in [0.4, 0.5) is 13.6 Å². The average Bonchev–Trinajstić information content (AvgIpc) is 3.01. The smallest absolute Gasteiger partial charge is 0.341 e. The van der Waals surface area contributed by atoms with Crippen LogP contribution < -0.4 is 10.6 Å². The van der Waals surface area contributed by atoms with Gasteiger partial charge in [-0.15, -0.1) is 12.4 Å². The normalized spacial score (nSPS) is 21.7. The molecule has 1 aliphatic heterocycles. The first kappa shape index (κ1) is 33.5. The van der Waals surface area contributed by atoms with Crippen molar-refractivity contribution in [3.8, 4) is 6.07 Å². The van der Waals surface area contributed by atoms with Crippen molar-refractivity contribution in [2.45, 2.75) is 43.2 Å². The number of carbonyl (C=O) groups is 3. The van der Waals surface area contributed by atoms with Crippen LogP contribution in [0.5, 0.6) is 0 Å². The number of amides is 3. The van der Waals surface area contributed by atoms with Gasteiger partial charge in [-0.2, -0.15) is 5.26 Å². The number of ether oxygens (including phenoxy) is 2. The van der Waals surface area contributed by atoms with E-state index >= 15 is 0 Å². The van der Waals surface area contributed by atoms with Crippen LogP contribution in [0.1, 0.15) is 42.9 Å². The van der Waals surface area contributed by atoms with E-state index in [0.29, 0.717) is 19.3 Å². The van der Waals surface area contributed by atoms with Gasteiger partial charge in [0.05, 0.1) is 43.0 Å². The lowest BCUT2D eigenvalue weighted by Crippen LogP contribution is -2.58. The molecular formula is C30H34ClF2N5O5. The molecule has 1 heterocycles. The number of nitrogens with zero attached hydrogens (tertiary/aromatic N) is 3. The number of rotatable bonds is 11. The van der Waals surface area contributed by atoms with Crippen LogP contribution in [0.25, 0.3) is 0 Å². The van der Waals surface area contributed by atoms with E-state index in [1.807, 2.05) is 30.3 Å². The summed E-state index contributed by atoms with van der Waals surface area (Å²) in [5.41, 5.74) is 0.490. The van der Waals surface area contributed by atoms with Gasteiger partial charge in [0.2, 0.25) is 6.41 Å². The van der Waals surface area contributed by atoms with Crippen LogP contribution in [0.3, 0.4) is 0 Å². The molecule has 43 heavy (non-hydrogen) atoms. The molecule has 0 bridgehead atoms. The van der Waals surface area contributed by atoms with Gasteiger partial charge >= 0.3 is 12.0 Å². The average molecular weight is 618 g/mol. The summed E-state index contributed by atoms with van der Waals surface area (Å²) in [6.45, 7) is 0.121.